The number of alkyl halides is 1. The number of rotatable bonds is 20. The molecule has 344 valence electrons. The van der Waals surface area contributed by atoms with Crippen molar-refractivity contribution in [3.63, 3.8) is 0 Å². The molecule has 4 atom stereocenters. The van der Waals surface area contributed by atoms with Gasteiger partial charge in [-0.05, 0) is 90.1 Å². The Hall–Kier alpha value is -5.13. The lowest BCUT2D eigenvalue weighted by atomic mass is 10.2. The molecule has 0 aliphatic heterocycles. The van der Waals surface area contributed by atoms with Crippen molar-refractivity contribution in [1.82, 2.24) is 10.2 Å². The molecule has 0 saturated heterocycles. The van der Waals surface area contributed by atoms with E-state index in [0.29, 0.717) is 11.4 Å². The van der Waals surface area contributed by atoms with Gasteiger partial charge in [0.15, 0.2) is 6.79 Å². The van der Waals surface area contributed by atoms with E-state index in [1.165, 1.54) is 34.1 Å². The molecule has 0 aliphatic carbocycles. The van der Waals surface area contributed by atoms with Crippen LogP contribution in [0.3, 0.4) is 0 Å². The fourth-order valence-corrected chi connectivity index (χ4v) is 7.08. The largest absolute Gasteiger partial charge is 0.507 e. The number of carbonyl (C=O) groups is 4. The minimum absolute atomic E-state index is 0.0177. The molecule has 4 rings (SSSR count). The third kappa shape index (κ3) is 20.3. The Balaban J connectivity index is 0.000000359. The first kappa shape index (κ1) is 54.0. The number of nitrogens with one attached hydrogen (secondary N) is 4. The van der Waals surface area contributed by atoms with Crippen LogP contribution in [0, 0.1) is 0 Å². The summed E-state index contributed by atoms with van der Waals surface area (Å²) in [5.74, 6) is -1.61. The van der Waals surface area contributed by atoms with Crippen molar-refractivity contribution in [2.24, 2.45) is 0 Å². The summed E-state index contributed by atoms with van der Waals surface area (Å²) in [6.45, 7) is 9.33. The zero-order chi connectivity index (χ0) is 47.0. The number of anilines is 2. The number of carbonyl (C=O) groups excluding carboxylic acids is 4. The third-order valence-electron chi connectivity index (χ3n) is 7.59. The first-order valence-electron chi connectivity index (χ1n) is 19.2. The number of aromatic hydroxyl groups is 1. The molecule has 4 aromatic carbocycles. The Kier molecular flexibility index (Phi) is 23.9. The highest BCUT2D eigenvalue weighted by atomic mass is 35.5. The van der Waals surface area contributed by atoms with Crippen LogP contribution in [0.25, 0.3) is 0 Å². The van der Waals surface area contributed by atoms with Crippen LogP contribution >= 0.6 is 27.1 Å². The zero-order valence-electron chi connectivity index (χ0n) is 36.1. The average molecular weight is 937 g/mol. The Bertz CT molecular complexity index is 2130. The molecule has 0 saturated carbocycles. The van der Waals surface area contributed by atoms with Gasteiger partial charge in [-0.3, -0.25) is 28.2 Å². The Morgan fingerprint density at radius 1 is 0.587 bits per heavy atom. The van der Waals surface area contributed by atoms with Gasteiger partial charge in [-0.25, -0.2) is 19.3 Å². The van der Waals surface area contributed by atoms with Gasteiger partial charge in [0.25, 0.3) is 11.8 Å². The number of benzene rings is 4. The van der Waals surface area contributed by atoms with Crippen molar-refractivity contribution >= 4 is 62.2 Å². The monoisotopic (exact) mass is 936 g/mol. The summed E-state index contributed by atoms with van der Waals surface area (Å²) in [7, 11) is -5.03. The number of phenols is 1. The molecule has 2 unspecified atom stereocenters. The average Bonchev–Trinajstić information content (AvgIpc) is 3.24. The molecule has 21 heteroatoms. The van der Waals surface area contributed by atoms with E-state index in [1.807, 2.05) is 24.3 Å². The van der Waals surface area contributed by atoms with E-state index >= 15 is 0 Å². The topological polar surface area (TPSA) is 235 Å². The van der Waals surface area contributed by atoms with Crippen LogP contribution in [0.4, 0.5) is 11.4 Å². The highest BCUT2D eigenvalue weighted by Crippen LogP contribution is 2.44. The molecule has 18 nitrogen and oxygen atoms in total. The fraction of sp³-hybridized carbons (Fsp3) is 0.333. The summed E-state index contributed by atoms with van der Waals surface area (Å²) in [6.07, 6.45) is -0.561. The summed E-state index contributed by atoms with van der Waals surface area (Å²) in [5.41, 5.74) is 1.88. The van der Waals surface area contributed by atoms with Gasteiger partial charge in [-0.2, -0.15) is 0 Å². The molecule has 0 radical (unpaired) electrons. The van der Waals surface area contributed by atoms with Crippen molar-refractivity contribution in [1.29, 1.82) is 0 Å². The number of ether oxygens (including phenoxy) is 3. The maximum Gasteiger partial charge on any atom is 0.408 e. The molecule has 0 spiro atoms. The summed E-state index contributed by atoms with van der Waals surface area (Å²) >= 11 is 5.28. The summed E-state index contributed by atoms with van der Waals surface area (Å²) in [4.78, 5) is 47.7. The molecule has 0 heterocycles. The second-order valence-electron chi connectivity index (χ2n) is 13.3. The van der Waals surface area contributed by atoms with Crippen LogP contribution in [0.5, 0.6) is 11.5 Å². The second kappa shape index (κ2) is 27.8. The van der Waals surface area contributed by atoms with E-state index in [1.54, 1.807) is 107 Å². The molecule has 2 amide bonds. The lowest BCUT2D eigenvalue weighted by molar-refractivity contribution is -0.150. The quantitative estimate of drug-likeness (QED) is 0.0242. The normalized spacial score (nSPS) is 13.6. The smallest absolute Gasteiger partial charge is 0.408 e. The van der Waals surface area contributed by atoms with Crippen molar-refractivity contribution in [2.75, 3.05) is 37.7 Å². The number of para-hydroxylation sites is 4. The summed E-state index contributed by atoms with van der Waals surface area (Å²) in [6, 6.07) is 29.0. The Morgan fingerprint density at radius 2 is 0.984 bits per heavy atom. The van der Waals surface area contributed by atoms with Crippen LogP contribution in [0.15, 0.2) is 109 Å². The first-order valence-corrected chi connectivity index (χ1v) is 22.8. The van der Waals surface area contributed by atoms with Crippen molar-refractivity contribution in [3.8, 4) is 11.5 Å². The van der Waals surface area contributed by atoms with E-state index < -0.39 is 46.3 Å². The standard InChI is InChI=1S/C21H27N2O7P.C13H11NO2.C8H17ClNO5P/c1-15(2)30-21(25)16(3)23-31(26,27-4)29-14-28-19-13-9-8-12-18(19)20(24)22-17-10-6-5-7-11-17;15-12-9-5-4-8-11(12)13(16)14-10-6-2-1-3-7-10;1-6(2)15-8(11)7(3)10-16(12,13-4)14-5-9/h5-13,15-16H,14H2,1-4H3,(H,22,24)(H,23,26);1-9,15H,(H,14,16);6-7H,5H2,1-4H3,(H,10,12)/t16-,31?;;7-,16?/m0.0/s1. The van der Waals surface area contributed by atoms with Gasteiger partial charge in [0.05, 0.1) is 23.3 Å². The number of halogens is 1. The van der Waals surface area contributed by atoms with Gasteiger partial charge in [0, 0.05) is 25.6 Å². The van der Waals surface area contributed by atoms with Crippen molar-refractivity contribution in [3.05, 3.63) is 120 Å². The van der Waals surface area contributed by atoms with Gasteiger partial charge in [-0.1, -0.05) is 72.3 Å². The molecule has 5 N–H and O–H groups in total. The number of hydrogen-bond donors (Lipinski definition) is 5. The maximum absolute atomic E-state index is 12.7. The maximum atomic E-state index is 12.7. The molecular weight excluding hydrogens is 882 g/mol. The number of hydrogen-bond acceptors (Lipinski definition) is 14. The molecule has 63 heavy (non-hydrogen) atoms. The molecule has 0 fully saturated rings. The molecule has 0 aliphatic rings. The summed E-state index contributed by atoms with van der Waals surface area (Å²) in [5, 5.41) is 19.8. The zero-order valence-corrected chi connectivity index (χ0v) is 38.7. The van der Waals surface area contributed by atoms with E-state index in [2.05, 4.69) is 29.9 Å². The van der Waals surface area contributed by atoms with Gasteiger partial charge >= 0.3 is 27.4 Å². The van der Waals surface area contributed by atoms with Crippen LogP contribution in [0.1, 0.15) is 62.3 Å². The molecule has 0 aromatic heterocycles. The minimum Gasteiger partial charge on any atom is -0.507 e. The predicted octanol–water partition coefficient (Wildman–Crippen LogP) is 8.50. The van der Waals surface area contributed by atoms with Crippen molar-refractivity contribution < 1.29 is 65.7 Å². The SMILES string of the molecule is COP(=O)(N[C@@H](C)C(=O)OC(C)C)OCCl.COP(=O)(N[C@@H](C)C(=O)OC(C)C)OCOc1ccccc1C(=O)Nc1ccccc1.O=C(Nc1ccccc1)c1ccccc1O. The van der Waals surface area contributed by atoms with E-state index in [-0.39, 0.29) is 52.7 Å². The predicted molar refractivity (Wildman–Crippen MR) is 239 cm³/mol. The number of amides is 2. The highest BCUT2D eigenvalue weighted by Gasteiger charge is 2.31. The Morgan fingerprint density at radius 3 is 1.41 bits per heavy atom. The Labute approximate surface area is 372 Å². The van der Waals surface area contributed by atoms with Crippen LogP contribution in [0.2, 0.25) is 0 Å². The molecule has 0 bridgehead atoms. The van der Waals surface area contributed by atoms with Crippen LogP contribution in [-0.2, 0) is 46.3 Å². The number of phenolic OH excluding ortho intramolecular Hbond substituents is 1. The third-order valence-corrected chi connectivity index (χ3v) is 11.1. The number of esters is 2. The lowest BCUT2D eigenvalue weighted by Gasteiger charge is -2.21. The highest BCUT2D eigenvalue weighted by molar-refractivity contribution is 7.52. The molecule has 4 aromatic rings. The van der Waals surface area contributed by atoms with Gasteiger partial charge in [0.1, 0.15) is 29.6 Å². The van der Waals surface area contributed by atoms with Gasteiger partial charge in [-0.15, -0.1) is 0 Å². The first-order chi connectivity index (χ1) is 29.9. The second-order valence-corrected chi connectivity index (χ2v) is 17.3. The lowest BCUT2D eigenvalue weighted by Crippen LogP contribution is -2.35. The van der Waals surface area contributed by atoms with Crippen LogP contribution in [-0.4, -0.2) is 80.2 Å². The molecular formula is C42H55ClN4O14P2. The van der Waals surface area contributed by atoms with Gasteiger partial charge < -0.3 is 39.0 Å². The van der Waals surface area contributed by atoms with Crippen molar-refractivity contribution in [2.45, 2.75) is 65.8 Å². The summed E-state index contributed by atoms with van der Waals surface area (Å²) < 4.78 is 59.4. The van der Waals surface area contributed by atoms with E-state index in [9.17, 15) is 33.4 Å². The fourth-order valence-electron chi connectivity index (χ4n) is 4.64. The van der Waals surface area contributed by atoms with Gasteiger partial charge in [0.2, 0.25) is 0 Å². The van der Waals surface area contributed by atoms with Crippen LogP contribution < -0.4 is 25.5 Å². The minimum atomic E-state index is -3.86. The van der Waals surface area contributed by atoms with E-state index in [4.69, 9.17) is 34.9 Å². The van der Waals surface area contributed by atoms with E-state index in [0.717, 1.165) is 0 Å².